The first-order chi connectivity index (χ1) is 5.20. The summed E-state index contributed by atoms with van der Waals surface area (Å²) in [4.78, 5) is 10.1. The van der Waals surface area contributed by atoms with E-state index in [4.69, 9.17) is 9.52 Å². The van der Waals surface area contributed by atoms with Crippen LogP contribution in [0, 0.1) is 6.92 Å². The number of aryl methyl sites for hydroxylation is 1. The van der Waals surface area contributed by atoms with Gasteiger partial charge in [0.1, 0.15) is 5.76 Å². The molecule has 0 aromatic carbocycles. The van der Waals surface area contributed by atoms with E-state index in [2.05, 4.69) is 0 Å². The Kier molecular flexibility index (Phi) is 2.11. The van der Waals surface area contributed by atoms with Crippen molar-refractivity contribution in [1.82, 2.24) is 0 Å². The first kappa shape index (κ1) is 7.60. The van der Waals surface area contributed by atoms with Gasteiger partial charge in [-0.1, -0.05) is 0 Å². The van der Waals surface area contributed by atoms with Gasteiger partial charge in [0.15, 0.2) is 0 Å². The Bertz CT molecular complexity index is 283. The van der Waals surface area contributed by atoms with E-state index in [1.165, 1.54) is 12.3 Å². The second kappa shape index (κ2) is 3.05. The normalized spacial score (nSPS) is 10.6. The molecule has 3 nitrogen and oxygen atoms in total. The third-order valence-corrected chi connectivity index (χ3v) is 1.30. The molecule has 1 heterocycles. The number of aliphatic carboxylic acids is 1. The molecule has 0 bridgehead atoms. The van der Waals surface area contributed by atoms with Gasteiger partial charge in [0, 0.05) is 11.6 Å². The smallest absolute Gasteiger partial charge is 0.328 e. The van der Waals surface area contributed by atoms with E-state index in [9.17, 15) is 4.79 Å². The van der Waals surface area contributed by atoms with Crippen LogP contribution in [0.25, 0.3) is 6.08 Å². The fraction of sp³-hybridized carbons (Fsp3) is 0.125. The van der Waals surface area contributed by atoms with Crippen molar-refractivity contribution in [2.75, 3.05) is 0 Å². The minimum Gasteiger partial charge on any atom is -0.478 e. The van der Waals surface area contributed by atoms with Crippen LogP contribution in [0.4, 0.5) is 0 Å². The zero-order chi connectivity index (χ0) is 8.27. The van der Waals surface area contributed by atoms with Gasteiger partial charge in [-0.2, -0.15) is 0 Å². The molecule has 0 aliphatic carbocycles. The summed E-state index contributed by atoms with van der Waals surface area (Å²) in [5.74, 6) is -0.229. The van der Waals surface area contributed by atoms with Crippen LogP contribution in [0.3, 0.4) is 0 Å². The third kappa shape index (κ3) is 1.97. The molecule has 0 saturated heterocycles. The molecule has 0 spiro atoms. The van der Waals surface area contributed by atoms with Crippen molar-refractivity contribution in [3.05, 3.63) is 29.7 Å². The lowest BCUT2D eigenvalue weighted by molar-refractivity contribution is -0.131. The highest BCUT2D eigenvalue weighted by atomic mass is 16.4. The number of hydrogen-bond donors (Lipinski definition) is 1. The largest absolute Gasteiger partial charge is 0.478 e. The van der Waals surface area contributed by atoms with Crippen molar-refractivity contribution in [2.45, 2.75) is 6.92 Å². The van der Waals surface area contributed by atoms with Crippen LogP contribution in [0.15, 0.2) is 22.8 Å². The minimum atomic E-state index is -0.953. The van der Waals surface area contributed by atoms with Gasteiger partial charge in [0.2, 0.25) is 0 Å². The summed E-state index contributed by atoms with van der Waals surface area (Å²) < 4.78 is 4.95. The van der Waals surface area contributed by atoms with Crippen LogP contribution in [-0.4, -0.2) is 11.1 Å². The molecule has 1 aromatic rings. The van der Waals surface area contributed by atoms with E-state index < -0.39 is 5.97 Å². The summed E-state index contributed by atoms with van der Waals surface area (Å²) in [6, 6.07) is 1.72. The highest BCUT2D eigenvalue weighted by molar-refractivity contribution is 5.85. The van der Waals surface area contributed by atoms with Crippen molar-refractivity contribution >= 4 is 12.0 Å². The van der Waals surface area contributed by atoms with E-state index in [1.54, 1.807) is 13.0 Å². The highest BCUT2D eigenvalue weighted by Gasteiger charge is 1.95. The molecule has 0 aliphatic heterocycles. The number of hydrogen-bond acceptors (Lipinski definition) is 2. The molecule has 11 heavy (non-hydrogen) atoms. The van der Waals surface area contributed by atoms with Crippen LogP contribution in [0.5, 0.6) is 0 Å². The van der Waals surface area contributed by atoms with E-state index in [1.807, 2.05) is 0 Å². The molecule has 58 valence electrons. The second-order valence-corrected chi connectivity index (χ2v) is 2.10. The highest BCUT2D eigenvalue weighted by Crippen LogP contribution is 2.09. The van der Waals surface area contributed by atoms with E-state index in [-0.39, 0.29) is 0 Å². The Morgan fingerprint density at radius 3 is 2.91 bits per heavy atom. The van der Waals surface area contributed by atoms with Gasteiger partial charge in [0.25, 0.3) is 0 Å². The summed E-state index contributed by atoms with van der Waals surface area (Å²) in [7, 11) is 0. The zero-order valence-corrected chi connectivity index (χ0v) is 6.07. The molecular formula is C8H8O3. The Morgan fingerprint density at radius 2 is 2.45 bits per heavy atom. The van der Waals surface area contributed by atoms with E-state index in [0.29, 0.717) is 0 Å². The molecule has 1 rings (SSSR count). The van der Waals surface area contributed by atoms with Crippen LogP contribution in [0.2, 0.25) is 0 Å². The maximum atomic E-state index is 10.1. The quantitative estimate of drug-likeness (QED) is 0.656. The third-order valence-electron chi connectivity index (χ3n) is 1.30. The fourth-order valence-corrected chi connectivity index (χ4v) is 0.729. The number of furan rings is 1. The molecule has 0 atom stereocenters. The van der Waals surface area contributed by atoms with Gasteiger partial charge in [0.05, 0.1) is 6.26 Å². The van der Waals surface area contributed by atoms with Gasteiger partial charge >= 0.3 is 5.97 Å². The van der Waals surface area contributed by atoms with Crippen molar-refractivity contribution < 1.29 is 14.3 Å². The fourth-order valence-electron chi connectivity index (χ4n) is 0.729. The number of rotatable bonds is 2. The monoisotopic (exact) mass is 152 g/mol. The first-order valence-corrected chi connectivity index (χ1v) is 3.15. The summed E-state index contributed by atoms with van der Waals surface area (Å²) in [6.07, 6.45) is 4.11. The minimum absolute atomic E-state index is 0.725. The average Bonchev–Trinajstić information content (AvgIpc) is 2.31. The van der Waals surface area contributed by atoms with Crippen LogP contribution < -0.4 is 0 Å². The lowest BCUT2D eigenvalue weighted by atomic mass is 10.2. The Labute approximate surface area is 64.0 Å². The Morgan fingerprint density at radius 1 is 1.73 bits per heavy atom. The average molecular weight is 152 g/mol. The standard InChI is InChI=1S/C8H8O3/c1-6-7(4-5-11-6)2-3-8(9)10/h2-5H,1H3,(H,9,10). The number of carbonyl (C=O) groups is 1. The van der Waals surface area contributed by atoms with E-state index >= 15 is 0 Å². The van der Waals surface area contributed by atoms with Gasteiger partial charge in [-0.05, 0) is 19.1 Å². The number of carboxylic acids is 1. The Balaban J connectivity index is 2.79. The van der Waals surface area contributed by atoms with Crippen LogP contribution in [-0.2, 0) is 4.79 Å². The van der Waals surface area contributed by atoms with Crippen molar-refractivity contribution in [1.29, 1.82) is 0 Å². The SMILES string of the molecule is Cc1occc1C=CC(=O)O. The predicted octanol–water partition coefficient (Wildman–Crippen LogP) is 1.69. The maximum absolute atomic E-state index is 10.1. The Hall–Kier alpha value is -1.51. The molecule has 1 N–H and O–H groups in total. The molecule has 1 aromatic heterocycles. The van der Waals surface area contributed by atoms with Crippen LogP contribution >= 0.6 is 0 Å². The molecule has 0 aliphatic rings. The predicted molar refractivity (Wildman–Crippen MR) is 40.1 cm³/mol. The molecule has 3 heteroatoms. The maximum Gasteiger partial charge on any atom is 0.328 e. The summed E-state index contributed by atoms with van der Waals surface area (Å²) in [5.41, 5.74) is 0.799. The van der Waals surface area contributed by atoms with Gasteiger partial charge in [-0.3, -0.25) is 0 Å². The molecule has 0 amide bonds. The van der Waals surface area contributed by atoms with Crippen molar-refractivity contribution in [3.63, 3.8) is 0 Å². The lowest BCUT2D eigenvalue weighted by Gasteiger charge is -1.84. The zero-order valence-electron chi connectivity index (χ0n) is 6.07. The molecule has 0 fully saturated rings. The summed E-state index contributed by atoms with van der Waals surface area (Å²) in [6.45, 7) is 1.78. The topological polar surface area (TPSA) is 50.4 Å². The summed E-state index contributed by atoms with van der Waals surface area (Å²) in [5, 5.41) is 8.29. The summed E-state index contributed by atoms with van der Waals surface area (Å²) >= 11 is 0. The van der Waals surface area contributed by atoms with Crippen molar-refractivity contribution in [2.24, 2.45) is 0 Å². The second-order valence-electron chi connectivity index (χ2n) is 2.10. The molecule has 0 saturated carbocycles. The van der Waals surface area contributed by atoms with Crippen molar-refractivity contribution in [3.8, 4) is 0 Å². The molecular weight excluding hydrogens is 144 g/mol. The van der Waals surface area contributed by atoms with E-state index in [0.717, 1.165) is 17.4 Å². The molecule has 0 radical (unpaired) electrons. The van der Waals surface area contributed by atoms with Crippen LogP contribution in [0.1, 0.15) is 11.3 Å². The van der Waals surface area contributed by atoms with Gasteiger partial charge in [-0.25, -0.2) is 4.79 Å². The lowest BCUT2D eigenvalue weighted by Crippen LogP contribution is -1.85. The van der Waals surface area contributed by atoms with Gasteiger partial charge < -0.3 is 9.52 Å². The number of carboxylic acid groups (broad SMARTS) is 1. The van der Waals surface area contributed by atoms with Gasteiger partial charge in [-0.15, -0.1) is 0 Å². The first-order valence-electron chi connectivity index (χ1n) is 3.15. The molecule has 0 unspecified atom stereocenters.